The lowest BCUT2D eigenvalue weighted by molar-refractivity contribution is -0.0999. The number of carbonyl (C=O) groups excluding carboxylic acids is 1. The molecule has 2 heterocycles. The highest BCUT2D eigenvalue weighted by molar-refractivity contribution is 5.97. The third-order valence-electron chi connectivity index (χ3n) is 4.36. The molecule has 2 aromatic rings. The van der Waals surface area contributed by atoms with Crippen molar-refractivity contribution in [3.05, 3.63) is 46.0 Å². The summed E-state index contributed by atoms with van der Waals surface area (Å²) in [6.45, 7) is 1.67. The summed E-state index contributed by atoms with van der Waals surface area (Å²) in [6, 6.07) is 3.74. The molecule has 0 spiro atoms. The van der Waals surface area contributed by atoms with Crippen molar-refractivity contribution in [1.82, 2.24) is 9.88 Å². The van der Waals surface area contributed by atoms with Gasteiger partial charge in [0.1, 0.15) is 11.4 Å². The molecule has 3 N–H and O–H groups in total. The predicted octanol–water partition coefficient (Wildman–Crippen LogP) is 0.625. The van der Waals surface area contributed by atoms with Gasteiger partial charge in [-0.05, 0) is 31.5 Å². The number of aliphatic hydroxyl groups excluding tert-OH is 1. The second kappa shape index (κ2) is 5.43. The molecule has 6 nitrogen and oxygen atoms in total. The number of piperidine rings is 1. The minimum atomic E-state index is -1.25. The van der Waals surface area contributed by atoms with E-state index in [1.807, 2.05) is 0 Å². The number of carbonyl (C=O) groups is 1. The fraction of sp³-hybridized carbons (Fsp3) is 0.375. The monoisotopic (exact) mass is 320 g/mol. The van der Waals surface area contributed by atoms with Crippen LogP contribution in [0.5, 0.6) is 0 Å². The topological polar surface area (TPSA) is 93.6 Å². The first-order valence-electron chi connectivity index (χ1n) is 7.30. The molecule has 0 aliphatic carbocycles. The van der Waals surface area contributed by atoms with Crippen molar-refractivity contribution in [1.29, 1.82) is 0 Å². The summed E-state index contributed by atoms with van der Waals surface area (Å²) in [5.41, 5.74) is -1.49. The number of aromatic nitrogens is 1. The number of fused-ring (bicyclic) bond motifs is 1. The van der Waals surface area contributed by atoms with Crippen molar-refractivity contribution in [2.45, 2.75) is 25.0 Å². The van der Waals surface area contributed by atoms with Gasteiger partial charge in [0.2, 0.25) is 5.43 Å². The highest BCUT2D eigenvalue weighted by Gasteiger charge is 2.38. The van der Waals surface area contributed by atoms with E-state index in [-0.39, 0.29) is 30.5 Å². The van der Waals surface area contributed by atoms with E-state index in [9.17, 15) is 24.2 Å². The summed E-state index contributed by atoms with van der Waals surface area (Å²) in [7, 11) is 0. The zero-order valence-electron chi connectivity index (χ0n) is 12.5. The maximum absolute atomic E-state index is 13.3. The van der Waals surface area contributed by atoms with Crippen LogP contribution in [0.4, 0.5) is 4.39 Å². The molecule has 23 heavy (non-hydrogen) atoms. The average molecular weight is 320 g/mol. The Morgan fingerprint density at radius 3 is 2.91 bits per heavy atom. The first-order chi connectivity index (χ1) is 10.8. The van der Waals surface area contributed by atoms with E-state index in [4.69, 9.17) is 0 Å². The first kappa shape index (κ1) is 15.6. The van der Waals surface area contributed by atoms with Crippen molar-refractivity contribution in [3.63, 3.8) is 0 Å². The van der Waals surface area contributed by atoms with Crippen LogP contribution in [-0.2, 0) is 0 Å². The second-order valence-electron chi connectivity index (χ2n) is 6.10. The normalized spacial score (nSPS) is 24.9. The maximum atomic E-state index is 13.3. The molecule has 1 fully saturated rings. The number of H-pyrrole nitrogens is 1. The van der Waals surface area contributed by atoms with E-state index < -0.39 is 28.9 Å². The van der Waals surface area contributed by atoms with Crippen LogP contribution in [0.15, 0.2) is 29.2 Å². The van der Waals surface area contributed by atoms with E-state index in [1.165, 1.54) is 30.2 Å². The summed E-state index contributed by atoms with van der Waals surface area (Å²) in [6.07, 6.45) is 0.418. The van der Waals surface area contributed by atoms with E-state index in [0.717, 1.165) is 6.07 Å². The number of nitrogens with zero attached hydrogens (tertiary/aromatic N) is 1. The quantitative estimate of drug-likeness (QED) is 0.718. The zero-order chi connectivity index (χ0) is 16.8. The Kier molecular flexibility index (Phi) is 3.69. The van der Waals surface area contributed by atoms with Crippen LogP contribution in [0, 0.1) is 5.82 Å². The smallest absolute Gasteiger partial charge is 0.259 e. The summed E-state index contributed by atoms with van der Waals surface area (Å²) in [4.78, 5) is 29.1. The number of hydrogen-bond donors (Lipinski definition) is 3. The SMILES string of the molecule is C[C@@]1(O)CCN(C(=O)c2c[nH]c3ccc(F)cc3c2=O)C[C@@H]1O. The molecule has 2 atom stereocenters. The van der Waals surface area contributed by atoms with Crippen LogP contribution >= 0.6 is 0 Å². The van der Waals surface area contributed by atoms with Gasteiger partial charge in [0, 0.05) is 30.2 Å². The van der Waals surface area contributed by atoms with Crippen molar-refractivity contribution in [3.8, 4) is 0 Å². The van der Waals surface area contributed by atoms with Crippen LogP contribution < -0.4 is 5.43 Å². The van der Waals surface area contributed by atoms with E-state index >= 15 is 0 Å². The van der Waals surface area contributed by atoms with Gasteiger partial charge >= 0.3 is 0 Å². The molecular formula is C16H17FN2O4. The first-order valence-corrected chi connectivity index (χ1v) is 7.30. The van der Waals surface area contributed by atoms with Gasteiger partial charge in [-0.25, -0.2) is 4.39 Å². The molecule has 0 radical (unpaired) electrons. The van der Waals surface area contributed by atoms with E-state index in [2.05, 4.69) is 4.98 Å². The van der Waals surface area contributed by atoms with Crippen LogP contribution in [-0.4, -0.2) is 50.8 Å². The number of aliphatic hydroxyl groups is 2. The number of nitrogens with one attached hydrogen (secondary N) is 1. The Labute approximate surface area is 131 Å². The maximum Gasteiger partial charge on any atom is 0.259 e. The van der Waals surface area contributed by atoms with Gasteiger partial charge in [-0.3, -0.25) is 9.59 Å². The van der Waals surface area contributed by atoms with Crippen molar-refractivity contribution in [2.75, 3.05) is 13.1 Å². The van der Waals surface area contributed by atoms with Gasteiger partial charge in [-0.15, -0.1) is 0 Å². The second-order valence-corrected chi connectivity index (χ2v) is 6.10. The molecule has 0 bridgehead atoms. The molecule has 7 heteroatoms. The molecule has 1 aromatic carbocycles. The summed E-state index contributed by atoms with van der Waals surface area (Å²) < 4.78 is 13.3. The van der Waals surface area contributed by atoms with E-state index in [0.29, 0.717) is 5.52 Å². The summed E-state index contributed by atoms with van der Waals surface area (Å²) in [5.74, 6) is -1.11. The zero-order valence-corrected chi connectivity index (χ0v) is 12.5. The Bertz CT molecular complexity index is 830. The van der Waals surface area contributed by atoms with Crippen LogP contribution in [0.1, 0.15) is 23.7 Å². The number of benzene rings is 1. The molecule has 122 valence electrons. The molecule has 1 aromatic heterocycles. The summed E-state index contributed by atoms with van der Waals surface area (Å²) >= 11 is 0. The highest BCUT2D eigenvalue weighted by atomic mass is 19.1. The van der Waals surface area contributed by atoms with Gasteiger partial charge < -0.3 is 20.1 Å². The number of rotatable bonds is 1. The molecule has 0 unspecified atom stereocenters. The van der Waals surface area contributed by atoms with Crippen LogP contribution in [0.3, 0.4) is 0 Å². The Hall–Kier alpha value is -2.25. The van der Waals surface area contributed by atoms with E-state index in [1.54, 1.807) is 0 Å². The molecule has 1 amide bonds. The van der Waals surface area contributed by atoms with Gasteiger partial charge in [-0.2, -0.15) is 0 Å². The number of halogens is 1. The van der Waals surface area contributed by atoms with Gasteiger partial charge in [-0.1, -0.05) is 0 Å². The minimum Gasteiger partial charge on any atom is -0.388 e. The lowest BCUT2D eigenvalue weighted by atomic mass is 9.90. The van der Waals surface area contributed by atoms with Gasteiger partial charge in [0.15, 0.2) is 0 Å². The van der Waals surface area contributed by atoms with Gasteiger partial charge in [0.05, 0.1) is 11.7 Å². The number of hydrogen-bond acceptors (Lipinski definition) is 4. The Balaban J connectivity index is 1.96. The lowest BCUT2D eigenvalue weighted by Crippen LogP contribution is -2.55. The average Bonchev–Trinajstić information content (AvgIpc) is 2.50. The summed E-state index contributed by atoms with van der Waals surface area (Å²) in [5, 5.41) is 19.9. The van der Waals surface area contributed by atoms with Crippen LogP contribution in [0.25, 0.3) is 10.9 Å². The highest BCUT2D eigenvalue weighted by Crippen LogP contribution is 2.23. The Morgan fingerprint density at radius 2 is 2.22 bits per heavy atom. The standard InChI is InChI=1S/C16H17FN2O4/c1-16(23)4-5-19(8-13(16)20)15(22)11-7-18-12-3-2-9(17)6-10(12)14(11)21/h2-3,6-7,13,20,23H,4-5,8H2,1H3,(H,18,21)/t13-,16+/m0/s1. The predicted molar refractivity (Wildman–Crippen MR) is 81.7 cm³/mol. The molecular weight excluding hydrogens is 303 g/mol. The molecule has 3 rings (SSSR count). The number of aromatic amines is 1. The minimum absolute atomic E-state index is 0.0630. The van der Waals surface area contributed by atoms with Crippen molar-refractivity contribution >= 4 is 16.8 Å². The Morgan fingerprint density at radius 1 is 1.48 bits per heavy atom. The number of pyridine rings is 1. The molecule has 1 aliphatic heterocycles. The number of likely N-dealkylation sites (tertiary alicyclic amines) is 1. The lowest BCUT2D eigenvalue weighted by Gasteiger charge is -2.39. The van der Waals surface area contributed by atoms with Crippen molar-refractivity contribution in [2.24, 2.45) is 0 Å². The largest absolute Gasteiger partial charge is 0.388 e. The number of amides is 1. The number of β-amino-alcohol motifs (C(OH)–C–C–N with tert-alkyl or cyclic N) is 1. The third-order valence-corrected chi connectivity index (χ3v) is 4.36. The molecule has 1 saturated heterocycles. The molecule has 0 saturated carbocycles. The van der Waals surface area contributed by atoms with Crippen molar-refractivity contribution < 1.29 is 19.4 Å². The fourth-order valence-electron chi connectivity index (χ4n) is 2.73. The van der Waals surface area contributed by atoms with Gasteiger partial charge in [0.25, 0.3) is 5.91 Å². The molecule has 1 aliphatic rings. The van der Waals surface area contributed by atoms with Crippen LogP contribution in [0.2, 0.25) is 0 Å². The third kappa shape index (κ3) is 2.73. The fourth-order valence-corrected chi connectivity index (χ4v) is 2.73.